The highest BCUT2D eigenvalue weighted by Gasteiger charge is 2.15. The molecule has 0 aliphatic carbocycles. The molecule has 1 atom stereocenters. The Morgan fingerprint density at radius 1 is 1.09 bits per heavy atom. The van der Waals surface area contributed by atoms with Gasteiger partial charge in [0.2, 0.25) is 0 Å². The van der Waals surface area contributed by atoms with E-state index in [9.17, 15) is 0 Å². The van der Waals surface area contributed by atoms with Gasteiger partial charge in [-0.05, 0) is 42.8 Å². The van der Waals surface area contributed by atoms with Crippen LogP contribution >= 0.6 is 11.6 Å². The molecule has 0 aliphatic rings. The lowest BCUT2D eigenvalue weighted by molar-refractivity contribution is 0.556. The first kappa shape index (κ1) is 13.2. The zero-order valence-corrected chi connectivity index (χ0v) is 12.6. The second-order valence-electron chi connectivity index (χ2n) is 5.14. The maximum absolute atomic E-state index is 5.99. The molecule has 4 aromatic rings. The molecule has 5 nitrogen and oxygen atoms in total. The third-order valence-corrected chi connectivity index (χ3v) is 3.97. The summed E-state index contributed by atoms with van der Waals surface area (Å²) in [5.74, 6) is 0. The van der Waals surface area contributed by atoms with Gasteiger partial charge in [0.1, 0.15) is 10.7 Å². The van der Waals surface area contributed by atoms with Gasteiger partial charge in [0.25, 0.3) is 0 Å². The molecular formula is C16H12ClN5. The molecular weight excluding hydrogens is 298 g/mol. The standard InChI is InChI=1S/C16H12ClN5/c1-10(11-4-5-13-12(9-11)3-2-8-18-13)22-16-14(20-21-22)6-7-15(17)19-16/h2-10H,1H3. The summed E-state index contributed by atoms with van der Waals surface area (Å²) in [5, 5.41) is 9.91. The third-order valence-electron chi connectivity index (χ3n) is 3.76. The number of rotatable bonds is 2. The highest BCUT2D eigenvalue weighted by atomic mass is 35.5. The Kier molecular flexibility index (Phi) is 3.01. The van der Waals surface area contributed by atoms with Gasteiger partial charge in [0.05, 0.1) is 11.6 Å². The van der Waals surface area contributed by atoms with Crippen molar-refractivity contribution in [1.29, 1.82) is 0 Å². The number of hydrogen-bond donors (Lipinski definition) is 0. The number of pyridine rings is 2. The van der Waals surface area contributed by atoms with Gasteiger partial charge in [-0.15, -0.1) is 5.10 Å². The lowest BCUT2D eigenvalue weighted by Gasteiger charge is -2.13. The Morgan fingerprint density at radius 2 is 1.95 bits per heavy atom. The van der Waals surface area contributed by atoms with Crippen LogP contribution in [-0.2, 0) is 0 Å². The van der Waals surface area contributed by atoms with Crippen LogP contribution in [0.25, 0.3) is 22.1 Å². The van der Waals surface area contributed by atoms with Crippen LogP contribution in [0.1, 0.15) is 18.5 Å². The van der Waals surface area contributed by atoms with Crippen LogP contribution in [0.3, 0.4) is 0 Å². The third kappa shape index (κ3) is 2.10. The second-order valence-corrected chi connectivity index (χ2v) is 5.53. The van der Waals surface area contributed by atoms with Crippen LogP contribution < -0.4 is 0 Å². The van der Waals surface area contributed by atoms with Crippen molar-refractivity contribution in [1.82, 2.24) is 25.0 Å². The first-order chi connectivity index (χ1) is 10.7. The van der Waals surface area contributed by atoms with Crippen molar-refractivity contribution in [3.8, 4) is 0 Å². The van der Waals surface area contributed by atoms with Crippen molar-refractivity contribution in [2.24, 2.45) is 0 Å². The number of halogens is 1. The van der Waals surface area contributed by atoms with Crippen LogP contribution in [-0.4, -0.2) is 25.0 Å². The fourth-order valence-corrected chi connectivity index (χ4v) is 2.70. The molecule has 22 heavy (non-hydrogen) atoms. The quantitative estimate of drug-likeness (QED) is 0.530. The number of fused-ring (bicyclic) bond motifs is 2. The van der Waals surface area contributed by atoms with E-state index >= 15 is 0 Å². The topological polar surface area (TPSA) is 56.5 Å². The minimum absolute atomic E-state index is 0.000530. The van der Waals surface area contributed by atoms with Crippen molar-refractivity contribution in [2.75, 3.05) is 0 Å². The molecule has 108 valence electrons. The normalized spacial score (nSPS) is 12.8. The molecule has 0 fully saturated rings. The molecule has 1 unspecified atom stereocenters. The molecule has 0 saturated heterocycles. The van der Waals surface area contributed by atoms with Gasteiger partial charge in [-0.1, -0.05) is 28.9 Å². The maximum atomic E-state index is 5.99. The minimum Gasteiger partial charge on any atom is -0.256 e. The zero-order chi connectivity index (χ0) is 15.1. The largest absolute Gasteiger partial charge is 0.256 e. The van der Waals surface area contributed by atoms with E-state index in [1.807, 2.05) is 24.3 Å². The summed E-state index contributed by atoms with van der Waals surface area (Å²) in [4.78, 5) is 8.68. The van der Waals surface area contributed by atoms with Gasteiger partial charge in [-0.25, -0.2) is 9.67 Å². The Morgan fingerprint density at radius 3 is 2.86 bits per heavy atom. The van der Waals surface area contributed by atoms with E-state index in [0.717, 1.165) is 22.0 Å². The maximum Gasteiger partial charge on any atom is 0.180 e. The van der Waals surface area contributed by atoms with Crippen LogP contribution in [0, 0.1) is 0 Å². The summed E-state index contributed by atoms with van der Waals surface area (Å²) in [6.45, 7) is 2.06. The van der Waals surface area contributed by atoms with E-state index in [4.69, 9.17) is 11.6 Å². The molecule has 4 rings (SSSR count). The van der Waals surface area contributed by atoms with Gasteiger partial charge in [0.15, 0.2) is 5.65 Å². The SMILES string of the molecule is CC(c1ccc2ncccc2c1)n1nnc2ccc(Cl)nc21. The smallest absolute Gasteiger partial charge is 0.180 e. The minimum atomic E-state index is 0.000530. The number of nitrogens with zero attached hydrogens (tertiary/aromatic N) is 5. The van der Waals surface area contributed by atoms with Crippen LogP contribution in [0.4, 0.5) is 0 Å². The van der Waals surface area contributed by atoms with Crippen LogP contribution in [0.5, 0.6) is 0 Å². The fraction of sp³-hybridized carbons (Fsp3) is 0.125. The van der Waals surface area contributed by atoms with Gasteiger partial charge >= 0.3 is 0 Å². The van der Waals surface area contributed by atoms with Crippen LogP contribution in [0.2, 0.25) is 5.15 Å². The van der Waals surface area contributed by atoms with Crippen molar-refractivity contribution in [3.63, 3.8) is 0 Å². The van der Waals surface area contributed by atoms with E-state index in [1.165, 1.54) is 0 Å². The summed E-state index contributed by atoms with van der Waals surface area (Å²) in [6, 6.07) is 13.7. The van der Waals surface area contributed by atoms with Crippen molar-refractivity contribution in [2.45, 2.75) is 13.0 Å². The number of aromatic nitrogens is 5. The summed E-state index contributed by atoms with van der Waals surface area (Å²) in [7, 11) is 0. The molecule has 0 aliphatic heterocycles. The highest BCUT2D eigenvalue weighted by molar-refractivity contribution is 6.29. The Bertz CT molecular complexity index is 979. The molecule has 0 amide bonds. The fourth-order valence-electron chi connectivity index (χ4n) is 2.56. The number of benzene rings is 1. The predicted octanol–water partition coefficient (Wildman–Crippen LogP) is 3.64. The molecule has 0 bridgehead atoms. The zero-order valence-electron chi connectivity index (χ0n) is 11.8. The average molecular weight is 310 g/mol. The van der Waals surface area contributed by atoms with E-state index in [2.05, 4.69) is 39.3 Å². The first-order valence-electron chi connectivity index (χ1n) is 6.94. The summed E-state index contributed by atoms with van der Waals surface area (Å²) >= 11 is 5.99. The van der Waals surface area contributed by atoms with Crippen LogP contribution in [0.15, 0.2) is 48.7 Å². The molecule has 1 aromatic carbocycles. The number of hydrogen-bond acceptors (Lipinski definition) is 4. The van der Waals surface area contributed by atoms with Gasteiger partial charge in [-0.2, -0.15) is 0 Å². The van der Waals surface area contributed by atoms with E-state index in [1.54, 1.807) is 16.9 Å². The molecule has 0 radical (unpaired) electrons. The lowest BCUT2D eigenvalue weighted by atomic mass is 10.1. The van der Waals surface area contributed by atoms with Gasteiger partial charge < -0.3 is 0 Å². The van der Waals surface area contributed by atoms with Gasteiger partial charge in [-0.3, -0.25) is 4.98 Å². The molecule has 3 aromatic heterocycles. The average Bonchev–Trinajstić information content (AvgIpc) is 2.96. The highest BCUT2D eigenvalue weighted by Crippen LogP contribution is 2.24. The molecule has 0 spiro atoms. The lowest BCUT2D eigenvalue weighted by Crippen LogP contribution is -2.09. The predicted molar refractivity (Wildman–Crippen MR) is 85.9 cm³/mol. The van der Waals surface area contributed by atoms with Crippen molar-refractivity contribution in [3.05, 3.63) is 59.4 Å². The summed E-state index contributed by atoms with van der Waals surface area (Å²) in [5.41, 5.74) is 3.52. The molecule has 0 saturated carbocycles. The van der Waals surface area contributed by atoms with E-state index in [0.29, 0.717) is 10.8 Å². The Balaban J connectivity index is 1.84. The Hall–Kier alpha value is -2.53. The summed E-state index contributed by atoms with van der Waals surface area (Å²) in [6.07, 6.45) is 1.79. The van der Waals surface area contributed by atoms with Crippen molar-refractivity contribution < 1.29 is 0 Å². The van der Waals surface area contributed by atoms with E-state index < -0.39 is 0 Å². The Labute approximate surface area is 131 Å². The van der Waals surface area contributed by atoms with Crippen molar-refractivity contribution >= 4 is 33.7 Å². The molecule has 6 heteroatoms. The molecule has 3 heterocycles. The van der Waals surface area contributed by atoms with E-state index in [-0.39, 0.29) is 6.04 Å². The monoisotopic (exact) mass is 309 g/mol. The molecule has 0 N–H and O–H groups in total. The first-order valence-corrected chi connectivity index (χ1v) is 7.32. The second kappa shape index (κ2) is 5.03. The summed E-state index contributed by atoms with van der Waals surface area (Å²) < 4.78 is 1.79. The van der Waals surface area contributed by atoms with Gasteiger partial charge in [0, 0.05) is 11.6 Å².